The van der Waals surface area contributed by atoms with Crippen molar-refractivity contribution in [3.8, 4) is 0 Å². The molecule has 4 heteroatoms. The Kier molecular flexibility index (Phi) is 4.54. The Hall–Kier alpha value is -0.610. The summed E-state index contributed by atoms with van der Waals surface area (Å²) in [6.45, 7) is 7.59. The maximum Gasteiger partial charge on any atom is 0.293 e. The van der Waals surface area contributed by atoms with Crippen LogP contribution in [-0.4, -0.2) is 49.7 Å². The molecule has 0 spiro atoms. The summed E-state index contributed by atoms with van der Waals surface area (Å²) in [6, 6.07) is 0.604. The summed E-state index contributed by atoms with van der Waals surface area (Å²) in [5.74, 6) is 0. The number of rotatable bonds is 5. The highest BCUT2D eigenvalue weighted by Gasteiger charge is 2.34. The molecule has 0 aliphatic carbocycles. The fourth-order valence-corrected chi connectivity index (χ4v) is 2.13. The number of nitrogens with zero attached hydrogens (tertiary/aromatic N) is 1. The summed E-state index contributed by atoms with van der Waals surface area (Å²) < 4.78 is 4.90. The molecule has 1 fully saturated rings. The van der Waals surface area contributed by atoms with Crippen molar-refractivity contribution >= 4 is 6.47 Å². The van der Waals surface area contributed by atoms with Gasteiger partial charge in [0.05, 0.1) is 5.54 Å². The number of carbonyl (C=O) groups is 1. The summed E-state index contributed by atoms with van der Waals surface area (Å²) in [5, 5.41) is 3.30. The Morgan fingerprint density at radius 3 is 2.47 bits per heavy atom. The van der Waals surface area contributed by atoms with Crippen molar-refractivity contribution in [1.29, 1.82) is 0 Å². The average Bonchev–Trinajstić information content (AvgIpc) is 2.27. The molecule has 15 heavy (non-hydrogen) atoms. The number of ether oxygens (including phenoxy) is 1. The van der Waals surface area contributed by atoms with Crippen molar-refractivity contribution in [2.24, 2.45) is 0 Å². The van der Waals surface area contributed by atoms with E-state index in [4.69, 9.17) is 4.74 Å². The van der Waals surface area contributed by atoms with E-state index < -0.39 is 0 Å². The van der Waals surface area contributed by atoms with Crippen LogP contribution in [-0.2, 0) is 9.53 Å². The van der Waals surface area contributed by atoms with Crippen LogP contribution in [0.25, 0.3) is 0 Å². The van der Waals surface area contributed by atoms with Crippen molar-refractivity contribution in [2.45, 2.75) is 38.3 Å². The van der Waals surface area contributed by atoms with Gasteiger partial charge in [0.2, 0.25) is 0 Å². The second-order valence-corrected chi connectivity index (χ2v) is 4.57. The van der Waals surface area contributed by atoms with Crippen molar-refractivity contribution < 1.29 is 9.53 Å². The molecule has 0 bridgehead atoms. The second kappa shape index (κ2) is 5.47. The van der Waals surface area contributed by atoms with Gasteiger partial charge in [0.1, 0.15) is 6.61 Å². The van der Waals surface area contributed by atoms with Crippen LogP contribution < -0.4 is 5.32 Å². The molecule has 0 atom stereocenters. The molecule has 0 amide bonds. The first-order chi connectivity index (χ1) is 7.13. The molecule has 0 aromatic heterocycles. The van der Waals surface area contributed by atoms with Gasteiger partial charge < -0.3 is 15.0 Å². The molecule has 0 aromatic rings. The van der Waals surface area contributed by atoms with E-state index in [9.17, 15) is 4.79 Å². The van der Waals surface area contributed by atoms with Crippen LogP contribution >= 0.6 is 0 Å². The van der Waals surface area contributed by atoms with Gasteiger partial charge in [-0.05, 0) is 33.7 Å². The van der Waals surface area contributed by atoms with Gasteiger partial charge in [0.15, 0.2) is 0 Å². The third kappa shape index (κ3) is 3.18. The topological polar surface area (TPSA) is 41.6 Å². The van der Waals surface area contributed by atoms with Crippen LogP contribution in [0.1, 0.15) is 26.7 Å². The fraction of sp³-hybridized carbons (Fsp3) is 0.909. The second-order valence-electron chi connectivity index (χ2n) is 4.57. The lowest BCUT2D eigenvalue weighted by Crippen LogP contribution is -2.55. The lowest BCUT2D eigenvalue weighted by atomic mass is 9.88. The predicted molar refractivity (Wildman–Crippen MR) is 59.7 cm³/mol. The summed E-state index contributed by atoms with van der Waals surface area (Å²) in [7, 11) is 1.94. The molecule has 0 unspecified atom stereocenters. The summed E-state index contributed by atoms with van der Waals surface area (Å²) in [6.07, 6.45) is 2.07. The molecule has 1 N–H and O–H groups in total. The zero-order valence-electron chi connectivity index (χ0n) is 9.95. The van der Waals surface area contributed by atoms with Crippen molar-refractivity contribution in [1.82, 2.24) is 10.2 Å². The highest BCUT2D eigenvalue weighted by atomic mass is 16.5. The van der Waals surface area contributed by atoms with Gasteiger partial charge in [-0.3, -0.25) is 4.79 Å². The predicted octanol–water partition coefficient (Wildman–Crippen LogP) is 0.622. The number of carbonyl (C=O) groups excluding carboxylic acids is 1. The van der Waals surface area contributed by atoms with Crippen LogP contribution in [0.2, 0.25) is 0 Å². The van der Waals surface area contributed by atoms with Crippen LogP contribution in [0.15, 0.2) is 0 Å². The van der Waals surface area contributed by atoms with Gasteiger partial charge in [0.25, 0.3) is 6.47 Å². The Morgan fingerprint density at radius 1 is 1.47 bits per heavy atom. The first-order valence-electron chi connectivity index (χ1n) is 5.62. The molecule has 88 valence electrons. The van der Waals surface area contributed by atoms with E-state index in [-0.39, 0.29) is 5.54 Å². The zero-order chi connectivity index (χ0) is 11.3. The third-order valence-electron chi connectivity index (χ3n) is 3.44. The van der Waals surface area contributed by atoms with Gasteiger partial charge in [0, 0.05) is 19.1 Å². The smallest absolute Gasteiger partial charge is 0.293 e. The SMILES string of the molecule is CNC1(COC=O)CCN(C(C)C)CC1. The van der Waals surface area contributed by atoms with E-state index in [1.807, 2.05) is 7.05 Å². The molecular weight excluding hydrogens is 192 g/mol. The molecule has 1 saturated heterocycles. The number of likely N-dealkylation sites (N-methyl/N-ethyl adjacent to an activating group) is 1. The lowest BCUT2D eigenvalue weighted by Gasteiger charge is -2.42. The summed E-state index contributed by atoms with van der Waals surface area (Å²) in [5.41, 5.74) is -0.00764. The maximum atomic E-state index is 10.2. The first kappa shape index (κ1) is 12.5. The molecule has 1 heterocycles. The van der Waals surface area contributed by atoms with E-state index in [1.165, 1.54) is 0 Å². The lowest BCUT2D eigenvalue weighted by molar-refractivity contribution is -0.131. The largest absolute Gasteiger partial charge is 0.466 e. The van der Waals surface area contributed by atoms with E-state index in [0.717, 1.165) is 25.9 Å². The maximum absolute atomic E-state index is 10.2. The monoisotopic (exact) mass is 214 g/mol. The molecule has 4 nitrogen and oxygen atoms in total. The minimum absolute atomic E-state index is 0.00764. The molecule has 1 aliphatic rings. The molecule has 0 saturated carbocycles. The summed E-state index contributed by atoms with van der Waals surface area (Å²) >= 11 is 0. The van der Waals surface area contributed by atoms with Gasteiger partial charge in [-0.2, -0.15) is 0 Å². The minimum Gasteiger partial charge on any atom is -0.466 e. The number of nitrogens with one attached hydrogen (secondary N) is 1. The quantitative estimate of drug-likeness (QED) is 0.681. The van der Waals surface area contributed by atoms with E-state index in [1.54, 1.807) is 0 Å². The van der Waals surface area contributed by atoms with Crippen molar-refractivity contribution in [2.75, 3.05) is 26.7 Å². The van der Waals surface area contributed by atoms with Crippen molar-refractivity contribution in [3.63, 3.8) is 0 Å². The van der Waals surface area contributed by atoms with E-state index in [0.29, 0.717) is 19.1 Å². The van der Waals surface area contributed by atoms with Crippen LogP contribution in [0.4, 0.5) is 0 Å². The Labute approximate surface area is 92.0 Å². The normalized spacial score (nSPS) is 21.6. The van der Waals surface area contributed by atoms with Crippen LogP contribution in [0.5, 0.6) is 0 Å². The number of piperidine rings is 1. The van der Waals surface area contributed by atoms with Gasteiger partial charge in [-0.25, -0.2) is 0 Å². The molecule has 1 aliphatic heterocycles. The Balaban J connectivity index is 2.46. The third-order valence-corrected chi connectivity index (χ3v) is 3.44. The van der Waals surface area contributed by atoms with Crippen LogP contribution in [0, 0.1) is 0 Å². The van der Waals surface area contributed by atoms with Gasteiger partial charge >= 0.3 is 0 Å². The molecule has 1 rings (SSSR count). The Bertz CT molecular complexity index is 199. The fourth-order valence-electron chi connectivity index (χ4n) is 2.13. The Morgan fingerprint density at radius 2 is 2.07 bits per heavy atom. The number of likely N-dealkylation sites (tertiary alicyclic amines) is 1. The summed E-state index contributed by atoms with van der Waals surface area (Å²) in [4.78, 5) is 12.7. The average molecular weight is 214 g/mol. The van der Waals surface area contributed by atoms with Gasteiger partial charge in [-0.1, -0.05) is 0 Å². The van der Waals surface area contributed by atoms with Gasteiger partial charge in [-0.15, -0.1) is 0 Å². The number of hydrogen-bond acceptors (Lipinski definition) is 4. The highest BCUT2D eigenvalue weighted by Crippen LogP contribution is 2.23. The van der Waals surface area contributed by atoms with E-state index in [2.05, 4.69) is 24.1 Å². The molecular formula is C11H22N2O2. The number of hydrogen-bond donors (Lipinski definition) is 1. The standard InChI is InChI=1S/C11H22N2O2/c1-10(2)13-6-4-11(12-3,5-7-13)8-15-9-14/h9-10,12H,4-8H2,1-3H3. The molecule has 0 radical (unpaired) electrons. The molecule has 0 aromatic carbocycles. The van der Waals surface area contributed by atoms with E-state index >= 15 is 0 Å². The highest BCUT2D eigenvalue weighted by molar-refractivity contribution is 5.37. The minimum atomic E-state index is -0.00764. The van der Waals surface area contributed by atoms with Crippen LogP contribution in [0.3, 0.4) is 0 Å². The zero-order valence-corrected chi connectivity index (χ0v) is 9.95. The first-order valence-corrected chi connectivity index (χ1v) is 5.62. The van der Waals surface area contributed by atoms with Crippen molar-refractivity contribution in [3.05, 3.63) is 0 Å².